The fourth-order valence-electron chi connectivity index (χ4n) is 2.70. The van der Waals surface area contributed by atoms with E-state index in [0.29, 0.717) is 30.8 Å². The van der Waals surface area contributed by atoms with Crippen LogP contribution in [0.3, 0.4) is 0 Å². The van der Waals surface area contributed by atoms with Crippen molar-refractivity contribution in [3.05, 3.63) is 35.4 Å². The molecule has 1 N–H and O–H groups in total. The van der Waals surface area contributed by atoms with E-state index in [1.165, 1.54) is 0 Å². The van der Waals surface area contributed by atoms with Gasteiger partial charge in [-0.2, -0.15) is 0 Å². The zero-order valence-corrected chi connectivity index (χ0v) is 13.5. The van der Waals surface area contributed by atoms with E-state index in [4.69, 9.17) is 0 Å². The largest absolute Gasteiger partial charge is 0.393 e. The van der Waals surface area contributed by atoms with Gasteiger partial charge in [-0.25, -0.2) is 0 Å². The molecule has 0 bridgehead atoms. The van der Waals surface area contributed by atoms with Crippen LogP contribution in [0.1, 0.15) is 41.0 Å². The van der Waals surface area contributed by atoms with Crippen molar-refractivity contribution in [2.75, 3.05) is 26.7 Å². The lowest BCUT2D eigenvalue weighted by molar-refractivity contribution is 0.0762. The van der Waals surface area contributed by atoms with Crippen molar-refractivity contribution < 1.29 is 14.7 Å². The molecule has 1 aromatic rings. The molecule has 2 unspecified atom stereocenters. The maximum absolute atomic E-state index is 12.5. The van der Waals surface area contributed by atoms with E-state index >= 15 is 0 Å². The van der Waals surface area contributed by atoms with Crippen molar-refractivity contribution in [3.63, 3.8) is 0 Å². The molecular weight excluding hydrogens is 280 g/mol. The molecule has 0 spiro atoms. The lowest BCUT2D eigenvalue weighted by Gasteiger charge is -2.19. The summed E-state index contributed by atoms with van der Waals surface area (Å²) in [6.07, 6.45) is 0.421. The monoisotopic (exact) mass is 304 g/mol. The van der Waals surface area contributed by atoms with E-state index in [1.807, 2.05) is 6.92 Å². The molecule has 0 aromatic heterocycles. The van der Waals surface area contributed by atoms with Crippen LogP contribution in [0.2, 0.25) is 0 Å². The van der Waals surface area contributed by atoms with Gasteiger partial charge in [0.05, 0.1) is 6.10 Å². The van der Waals surface area contributed by atoms with E-state index in [0.717, 1.165) is 6.42 Å². The average Bonchev–Trinajstić information content (AvgIpc) is 3.03. The molecule has 1 aliphatic heterocycles. The summed E-state index contributed by atoms with van der Waals surface area (Å²) >= 11 is 0. The van der Waals surface area contributed by atoms with Gasteiger partial charge in [-0.15, -0.1) is 0 Å². The Hall–Kier alpha value is -1.88. The molecule has 1 saturated heterocycles. The van der Waals surface area contributed by atoms with Crippen LogP contribution >= 0.6 is 0 Å². The average molecular weight is 304 g/mol. The van der Waals surface area contributed by atoms with Crippen LogP contribution in [0.15, 0.2) is 24.3 Å². The molecule has 5 nitrogen and oxygen atoms in total. The van der Waals surface area contributed by atoms with Gasteiger partial charge in [0.25, 0.3) is 11.8 Å². The molecule has 2 atom stereocenters. The van der Waals surface area contributed by atoms with Gasteiger partial charge in [-0.1, -0.05) is 6.07 Å². The van der Waals surface area contributed by atoms with Crippen LogP contribution in [0.25, 0.3) is 0 Å². The van der Waals surface area contributed by atoms with Crippen molar-refractivity contribution >= 4 is 11.8 Å². The van der Waals surface area contributed by atoms with Crippen LogP contribution < -0.4 is 0 Å². The zero-order valence-electron chi connectivity index (χ0n) is 13.5. The molecule has 22 heavy (non-hydrogen) atoms. The molecule has 120 valence electrons. The third-order valence-electron chi connectivity index (χ3n) is 4.37. The first-order valence-corrected chi connectivity index (χ1v) is 7.77. The Morgan fingerprint density at radius 3 is 2.68 bits per heavy atom. The molecule has 1 aliphatic rings. The highest BCUT2D eigenvalue weighted by atomic mass is 16.3. The predicted octanol–water partition coefficient (Wildman–Crippen LogP) is 1.62. The van der Waals surface area contributed by atoms with E-state index in [2.05, 4.69) is 0 Å². The van der Waals surface area contributed by atoms with Gasteiger partial charge in [0, 0.05) is 43.7 Å². The molecule has 0 saturated carbocycles. The summed E-state index contributed by atoms with van der Waals surface area (Å²) in [5, 5.41) is 9.64. The molecule has 2 amide bonds. The Morgan fingerprint density at radius 2 is 2.09 bits per heavy atom. The lowest BCUT2D eigenvalue weighted by Crippen LogP contribution is -2.31. The first kappa shape index (κ1) is 16.5. The summed E-state index contributed by atoms with van der Waals surface area (Å²) in [5.74, 6) is -0.0163. The number of hydrogen-bond donors (Lipinski definition) is 1. The van der Waals surface area contributed by atoms with Crippen molar-refractivity contribution in [3.8, 4) is 0 Å². The smallest absolute Gasteiger partial charge is 0.253 e. The summed E-state index contributed by atoms with van der Waals surface area (Å²) in [6.45, 7) is 5.52. The summed E-state index contributed by atoms with van der Waals surface area (Å²) in [6, 6.07) is 6.87. The first-order valence-electron chi connectivity index (χ1n) is 7.77. The third-order valence-corrected chi connectivity index (χ3v) is 4.37. The standard InChI is InChI=1S/C17H24N2O3/c1-4-18(3)16(21)13-6-5-7-14(10-13)17(22)19-9-8-15(11-19)12(2)20/h5-7,10,12,15,20H,4,8-9,11H2,1-3H3. The quantitative estimate of drug-likeness (QED) is 0.919. The Labute approximate surface area is 131 Å². The molecule has 2 rings (SSSR count). The Kier molecular flexibility index (Phi) is 5.19. The number of nitrogens with zero attached hydrogens (tertiary/aromatic N) is 2. The van der Waals surface area contributed by atoms with Crippen LogP contribution in [0, 0.1) is 5.92 Å². The molecule has 1 heterocycles. The first-order chi connectivity index (χ1) is 10.4. The lowest BCUT2D eigenvalue weighted by atomic mass is 10.0. The molecule has 1 fully saturated rings. The summed E-state index contributed by atoms with van der Waals surface area (Å²) in [5.41, 5.74) is 1.06. The topological polar surface area (TPSA) is 60.9 Å². The maximum Gasteiger partial charge on any atom is 0.253 e. The number of carbonyl (C=O) groups excluding carboxylic acids is 2. The molecular formula is C17H24N2O3. The minimum Gasteiger partial charge on any atom is -0.393 e. The molecule has 1 aromatic carbocycles. The van der Waals surface area contributed by atoms with Gasteiger partial charge in [0.1, 0.15) is 0 Å². The number of aliphatic hydroxyl groups excluding tert-OH is 1. The highest BCUT2D eigenvalue weighted by molar-refractivity contribution is 5.99. The fraction of sp³-hybridized carbons (Fsp3) is 0.529. The minimum absolute atomic E-state index is 0.0723. The summed E-state index contributed by atoms with van der Waals surface area (Å²) < 4.78 is 0. The fourth-order valence-corrected chi connectivity index (χ4v) is 2.70. The van der Waals surface area contributed by atoms with Crippen molar-refractivity contribution in [2.24, 2.45) is 5.92 Å². The molecule has 0 aliphatic carbocycles. The van der Waals surface area contributed by atoms with Gasteiger partial charge in [-0.3, -0.25) is 9.59 Å². The third kappa shape index (κ3) is 3.47. The van der Waals surface area contributed by atoms with E-state index in [9.17, 15) is 14.7 Å². The second kappa shape index (κ2) is 6.92. The predicted molar refractivity (Wildman–Crippen MR) is 84.8 cm³/mol. The molecule has 0 radical (unpaired) electrons. The highest BCUT2D eigenvalue weighted by Gasteiger charge is 2.29. The maximum atomic E-state index is 12.5. The number of benzene rings is 1. The SMILES string of the molecule is CCN(C)C(=O)c1cccc(C(=O)N2CCC(C(C)O)C2)c1. The van der Waals surface area contributed by atoms with Gasteiger partial charge in [0.15, 0.2) is 0 Å². The van der Waals surface area contributed by atoms with Crippen LogP contribution in [-0.4, -0.2) is 59.5 Å². The van der Waals surface area contributed by atoms with Gasteiger partial charge in [0.2, 0.25) is 0 Å². The van der Waals surface area contributed by atoms with E-state index in [1.54, 1.807) is 48.0 Å². The Balaban J connectivity index is 2.13. The number of likely N-dealkylation sites (tertiary alicyclic amines) is 1. The van der Waals surface area contributed by atoms with Crippen molar-refractivity contribution in [2.45, 2.75) is 26.4 Å². The van der Waals surface area contributed by atoms with Crippen molar-refractivity contribution in [1.29, 1.82) is 0 Å². The van der Waals surface area contributed by atoms with Gasteiger partial charge in [-0.05, 0) is 38.5 Å². The number of amides is 2. The van der Waals surface area contributed by atoms with Gasteiger partial charge < -0.3 is 14.9 Å². The normalized spacial score (nSPS) is 19.1. The zero-order chi connectivity index (χ0) is 16.3. The number of rotatable bonds is 4. The number of carbonyl (C=O) groups is 2. The highest BCUT2D eigenvalue weighted by Crippen LogP contribution is 2.22. The summed E-state index contributed by atoms with van der Waals surface area (Å²) in [4.78, 5) is 28.1. The van der Waals surface area contributed by atoms with Crippen LogP contribution in [0.5, 0.6) is 0 Å². The summed E-state index contributed by atoms with van der Waals surface area (Å²) in [7, 11) is 1.74. The second-order valence-electron chi connectivity index (χ2n) is 5.94. The van der Waals surface area contributed by atoms with Gasteiger partial charge >= 0.3 is 0 Å². The van der Waals surface area contributed by atoms with Crippen LogP contribution in [0.4, 0.5) is 0 Å². The van der Waals surface area contributed by atoms with E-state index in [-0.39, 0.29) is 17.7 Å². The Morgan fingerprint density at radius 1 is 1.41 bits per heavy atom. The number of aliphatic hydroxyl groups is 1. The number of hydrogen-bond acceptors (Lipinski definition) is 3. The second-order valence-corrected chi connectivity index (χ2v) is 5.94. The Bertz CT molecular complexity index is 557. The van der Waals surface area contributed by atoms with Crippen LogP contribution in [-0.2, 0) is 0 Å². The van der Waals surface area contributed by atoms with E-state index < -0.39 is 6.10 Å². The molecule has 5 heteroatoms. The minimum atomic E-state index is -0.399. The van der Waals surface area contributed by atoms with Crippen molar-refractivity contribution in [1.82, 2.24) is 9.80 Å².